The van der Waals surface area contributed by atoms with E-state index in [4.69, 9.17) is 0 Å². The molecule has 1 fully saturated rings. The number of hydrogen-bond acceptors (Lipinski definition) is 4. The number of aromatic nitrogens is 2. The lowest BCUT2D eigenvalue weighted by Crippen LogP contribution is -2.35. The molecule has 2 heterocycles. The fraction of sp³-hybridized carbons (Fsp3) is 0.417. The zero-order chi connectivity index (χ0) is 23.6. The number of piperidine rings is 1. The van der Waals surface area contributed by atoms with E-state index in [2.05, 4.69) is 4.98 Å². The second kappa shape index (κ2) is 9.61. The first-order valence-corrected chi connectivity index (χ1v) is 12.6. The van der Waals surface area contributed by atoms with Crippen LogP contribution in [0.1, 0.15) is 37.1 Å². The predicted molar refractivity (Wildman–Crippen MR) is 125 cm³/mol. The van der Waals surface area contributed by atoms with E-state index in [0.717, 1.165) is 36.2 Å². The third-order valence-corrected chi connectivity index (χ3v) is 8.11. The van der Waals surface area contributed by atoms with E-state index in [1.54, 1.807) is 46.6 Å². The van der Waals surface area contributed by atoms with Crippen molar-refractivity contribution in [1.29, 1.82) is 0 Å². The van der Waals surface area contributed by atoms with Crippen molar-refractivity contribution in [2.75, 3.05) is 20.1 Å². The molecule has 0 radical (unpaired) electrons. The summed E-state index contributed by atoms with van der Waals surface area (Å²) < 4.78 is 42.5. The Labute approximate surface area is 193 Å². The van der Waals surface area contributed by atoms with Gasteiger partial charge in [0.2, 0.25) is 15.9 Å². The molecule has 33 heavy (non-hydrogen) atoms. The van der Waals surface area contributed by atoms with Crippen LogP contribution in [0.25, 0.3) is 11.0 Å². The topological polar surface area (TPSA) is 75.5 Å². The van der Waals surface area contributed by atoms with E-state index >= 15 is 0 Å². The Morgan fingerprint density at radius 1 is 1.09 bits per heavy atom. The number of sulfonamides is 1. The summed E-state index contributed by atoms with van der Waals surface area (Å²) in [5.41, 5.74) is 2.30. The summed E-state index contributed by atoms with van der Waals surface area (Å²) in [6, 6.07) is 11.1. The molecule has 0 aliphatic carbocycles. The maximum Gasteiger partial charge on any atom is 0.243 e. The van der Waals surface area contributed by atoms with Gasteiger partial charge in [-0.05, 0) is 48.7 Å². The van der Waals surface area contributed by atoms with Gasteiger partial charge in [-0.2, -0.15) is 4.31 Å². The first-order valence-electron chi connectivity index (χ1n) is 11.2. The van der Waals surface area contributed by atoms with Crippen LogP contribution in [0.5, 0.6) is 0 Å². The summed E-state index contributed by atoms with van der Waals surface area (Å²) in [5.74, 6) is 0.377. The molecule has 1 amide bonds. The fourth-order valence-corrected chi connectivity index (χ4v) is 5.77. The molecular formula is C24H29FN4O3S. The highest BCUT2D eigenvalue weighted by Gasteiger charge is 2.26. The van der Waals surface area contributed by atoms with Crippen LogP contribution in [0.15, 0.2) is 47.4 Å². The van der Waals surface area contributed by atoms with Gasteiger partial charge in [0.05, 0.1) is 15.9 Å². The van der Waals surface area contributed by atoms with Crippen LogP contribution in [0, 0.1) is 5.82 Å². The molecule has 7 nitrogen and oxygen atoms in total. The molecule has 0 saturated carbocycles. The number of benzene rings is 2. The third-order valence-electron chi connectivity index (χ3n) is 6.22. The van der Waals surface area contributed by atoms with Gasteiger partial charge in [0.1, 0.15) is 11.6 Å². The summed E-state index contributed by atoms with van der Waals surface area (Å²) in [4.78, 5) is 19.1. The Balaban J connectivity index is 1.45. The summed E-state index contributed by atoms with van der Waals surface area (Å²) in [5, 5.41) is 0. The third kappa shape index (κ3) is 5.09. The number of rotatable bonds is 7. The van der Waals surface area contributed by atoms with Crippen molar-refractivity contribution in [3.63, 3.8) is 0 Å². The van der Waals surface area contributed by atoms with Gasteiger partial charge in [0, 0.05) is 46.6 Å². The SMILES string of the molecule is CN(Cc1ccc(F)cc1)C(=O)CCc1nc2cc(S(=O)(=O)N3CCCCC3)ccc2n1C. The molecule has 3 aromatic rings. The highest BCUT2D eigenvalue weighted by molar-refractivity contribution is 7.89. The van der Waals surface area contributed by atoms with Crippen molar-refractivity contribution < 1.29 is 17.6 Å². The minimum Gasteiger partial charge on any atom is -0.341 e. The minimum absolute atomic E-state index is 0.0419. The first-order chi connectivity index (χ1) is 15.8. The standard InChI is InChI=1S/C24H29FN4O3S/c1-27(17-18-6-8-19(25)9-7-18)24(30)13-12-23-26-21-16-20(10-11-22(21)28(23)2)33(31,32)29-14-4-3-5-15-29/h6-11,16H,3-5,12-15,17H2,1-2H3. The van der Waals surface area contributed by atoms with Crippen molar-refractivity contribution >= 4 is 27.0 Å². The molecule has 1 aromatic heterocycles. The number of fused-ring (bicyclic) bond motifs is 1. The van der Waals surface area contributed by atoms with Gasteiger partial charge in [-0.1, -0.05) is 18.6 Å². The van der Waals surface area contributed by atoms with Crippen molar-refractivity contribution in [1.82, 2.24) is 18.8 Å². The number of carbonyl (C=O) groups is 1. The first kappa shape index (κ1) is 23.4. The molecule has 0 bridgehead atoms. The molecule has 2 aromatic carbocycles. The monoisotopic (exact) mass is 472 g/mol. The summed E-state index contributed by atoms with van der Waals surface area (Å²) in [7, 11) is 0.0651. The van der Waals surface area contributed by atoms with E-state index in [9.17, 15) is 17.6 Å². The van der Waals surface area contributed by atoms with Crippen LogP contribution < -0.4 is 0 Å². The number of carbonyl (C=O) groups excluding carboxylic acids is 1. The second-order valence-electron chi connectivity index (χ2n) is 8.58. The Bertz CT molecular complexity index is 1250. The Hall–Kier alpha value is -2.78. The van der Waals surface area contributed by atoms with Crippen LogP contribution in [-0.2, 0) is 34.8 Å². The molecule has 0 spiro atoms. The molecule has 1 saturated heterocycles. The van der Waals surface area contributed by atoms with Gasteiger partial charge < -0.3 is 9.47 Å². The highest BCUT2D eigenvalue weighted by atomic mass is 32.2. The average molecular weight is 473 g/mol. The molecule has 0 unspecified atom stereocenters. The van der Waals surface area contributed by atoms with E-state index in [-0.39, 0.29) is 23.0 Å². The van der Waals surface area contributed by atoms with Crippen LogP contribution in [0.2, 0.25) is 0 Å². The number of amides is 1. The van der Waals surface area contributed by atoms with Gasteiger partial charge >= 0.3 is 0 Å². The summed E-state index contributed by atoms with van der Waals surface area (Å²) in [6.45, 7) is 1.52. The Morgan fingerprint density at radius 3 is 2.48 bits per heavy atom. The van der Waals surface area contributed by atoms with E-state index < -0.39 is 10.0 Å². The van der Waals surface area contributed by atoms with E-state index in [1.807, 2.05) is 11.6 Å². The lowest BCUT2D eigenvalue weighted by molar-refractivity contribution is -0.130. The van der Waals surface area contributed by atoms with Crippen molar-refractivity contribution in [3.05, 3.63) is 59.7 Å². The van der Waals surface area contributed by atoms with Gasteiger partial charge in [-0.3, -0.25) is 4.79 Å². The normalized spacial score (nSPS) is 15.1. The lowest BCUT2D eigenvalue weighted by atomic mass is 10.2. The zero-order valence-corrected chi connectivity index (χ0v) is 19.8. The maximum absolute atomic E-state index is 13.1. The number of imidazole rings is 1. The Morgan fingerprint density at radius 2 is 1.79 bits per heavy atom. The molecule has 9 heteroatoms. The summed E-state index contributed by atoms with van der Waals surface area (Å²) in [6.07, 6.45) is 3.55. The largest absolute Gasteiger partial charge is 0.341 e. The molecule has 0 N–H and O–H groups in total. The quantitative estimate of drug-likeness (QED) is 0.528. The highest BCUT2D eigenvalue weighted by Crippen LogP contribution is 2.25. The van der Waals surface area contributed by atoms with Crippen LogP contribution >= 0.6 is 0 Å². The van der Waals surface area contributed by atoms with Crippen LogP contribution in [0.3, 0.4) is 0 Å². The van der Waals surface area contributed by atoms with Gasteiger partial charge in [0.25, 0.3) is 0 Å². The molecule has 4 rings (SSSR count). The number of aryl methyl sites for hydroxylation is 2. The predicted octanol–water partition coefficient (Wildman–Crippen LogP) is 3.48. The van der Waals surface area contributed by atoms with Gasteiger partial charge in [0.15, 0.2) is 0 Å². The van der Waals surface area contributed by atoms with Gasteiger partial charge in [-0.25, -0.2) is 17.8 Å². The van der Waals surface area contributed by atoms with Crippen molar-refractivity contribution in [3.8, 4) is 0 Å². The maximum atomic E-state index is 13.1. The molecule has 1 aliphatic heterocycles. The summed E-state index contributed by atoms with van der Waals surface area (Å²) >= 11 is 0. The molecular weight excluding hydrogens is 443 g/mol. The zero-order valence-electron chi connectivity index (χ0n) is 19.0. The lowest BCUT2D eigenvalue weighted by Gasteiger charge is -2.25. The molecule has 1 aliphatic rings. The average Bonchev–Trinajstić information content (AvgIpc) is 3.14. The number of hydrogen-bond donors (Lipinski definition) is 0. The van der Waals surface area contributed by atoms with Crippen LogP contribution in [0.4, 0.5) is 4.39 Å². The van der Waals surface area contributed by atoms with E-state index in [1.165, 1.54) is 12.1 Å². The van der Waals surface area contributed by atoms with Gasteiger partial charge in [-0.15, -0.1) is 0 Å². The molecule has 176 valence electrons. The fourth-order valence-electron chi connectivity index (χ4n) is 4.23. The van der Waals surface area contributed by atoms with Crippen molar-refractivity contribution in [2.24, 2.45) is 7.05 Å². The van der Waals surface area contributed by atoms with E-state index in [0.29, 0.717) is 31.6 Å². The smallest absolute Gasteiger partial charge is 0.243 e. The Kier molecular flexibility index (Phi) is 6.81. The molecule has 0 atom stereocenters. The number of halogens is 1. The van der Waals surface area contributed by atoms with Crippen molar-refractivity contribution in [2.45, 2.75) is 43.5 Å². The van der Waals surface area contributed by atoms with Crippen LogP contribution in [-0.4, -0.2) is 53.2 Å². The second-order valence-corrected chi connectivity index (χ2v) is 10.5. The number of nitrogens with zero attached hydrogens (tertiary/aromatic N) is 4. The minimum atomic E-state index is -3.53.